The van der Waals surface area contributed by atoms with Crippen LogP contribution in [0.2, 0.25) is 0 Å². The number of hydrogen-bond donors (Lipinski definition) is 1. The number of aliphatic hydroxyl groups excluding tert-OH is 1. The summed E-state index contributed by atoms with van der Waals surface area (Å²) in [5, 5.41) is 15.2. The van der Waals surface area contributed by atoms with E-state index in [4.69, 9.17) is 26.1 Å². The molecule has 4 rings (SSSR count). The Kier molecular flexibility index (Phi) is 5.17. The van der Waals surface area contributed by atoms with Crippen LogP contribution in [0.1, 0.15) is 17.2 Å². The normalized spacial score (nSPS) is 16.6. The smallest absolute Gasteiger partial charge is 0.288 e. The Morgan fingerprint density at radius 2 is 1.86 bits per heavy atom. The molecule has 0 spiro atoms. The van der Waals surface area contributed by atoms with Crippen molar-refractivity contribution in [2.24, 2.45) is 0 Å². The summed E-state index contributed by atoms with van der Waals surface area (Å²) in [6, 6.07) is 13.3. The predicted octanol–water partition coefficient (Wildman–Crippen LogP) is 3.40. The molecule has 0 aliphatic carbocycles. The van der Waals surface area contributed by atoms with Crippen molar-refractivity contribution < 1.29 is 19.0 Å². The van der Waals surface area contributed by atoms with Gasteiger partial charge in [-0.2, -0.15) is 0 Å². The molecule has 1 atom stereocenters. The van der Waals surface area contributed by atoms with Crippen LogP contribution in [-0.4, -0.2) is 40.6 Å². The third-order valence-electron chi connectivity index (χ3n) is 4.82. The van der Waals surface area contributed by atoms with Gasteiger partial charge in [-0.3, -0.25) is 4.90 Å². The van der Waals surface area contributed by atoms with E-state index >= 15 is 0 Å². The molecule has 0 saturated heterocycles. The molecule has 2 aromatic carbocycles. The Balaban J connectivity index is 1.62. The molecule has 3 aromatic rings. The van der Waals surface area contributed by atoms with E-state index in [9.17, 15) is 5.11 Å². The van der Waals surface area contributed by atoms with E-state index in [2.05, 4.69) is 5.10 Å². The Hall–Kier alpha value is -2.68. The fraction of sp³-hybridized carbons (Fsp3) is 0.300. The van der Waals surface area contributed by atoms with Gasteiger partial charge in [-0.25, -0.2) is 4.68 Å². The van der Waals surface area contributed by atoms with E-state index in [1.165, 1.54) is 0 Å². The minimum atomic E-state index is -0.705. The van der Waals surface area contributed by atoms with Crippen LogP contribution in [0.4, 0.5) is 0 Å². The lowest BCUT2D eigenvalue weighted by molar-refractivity contribution is 0.0665. The standard InChI is InChI=1S/C20H21N3O4S/c1-25-16-8-9-17(26-2)18-14(16)10-22(11-15(18)24)12-23-20(28)27-19(21-23)13-6-4-3-5-7-13/h3-9,15,24H,10-12H2,1-2H3. The van der Waals surface area contributed by atoms with Crippen LogP contribution in [0.5, 0.6) is 11.5 Å². The third kappa shape index (κ3) is 3.42. The Labute approximate surface area is 167 Å². The highest BCUT2D eigenvalue weighted by Gasteiger charge is 2.30. The zero-order valence-electron chi connectivity index (χ0n) is 15.7. The maximum atomic E-state index is 10.7. The van der Waals surface area contributed by atoms with Crippen molar-refractivity contribution in [3.05, 3.63) is 58.4 Å². The van der Waals surface area contributed by atoms with Gasteiger partial charge in [0, 0.05) is 29.8 Å². The third-order valence-corrected chi connectivity index (χ3v) is 5.12. The summed E-state index contributed by atoms with van der Waals surface area (Å²) in [6.07, 6.45) is -0.705. The van der Waals surface area contributed by atoms with Crippen molar-refractivity contribution in [3.63, 3.8) is 0 Å². The lowest BCUT2D eigenvalue weighted by atomic mass is 9.95. The van der Waals surface area contributed by atoms with Crippen molar-refractivity contribution in [3.8, 4) is 23.0 Å². The van der Waals surface area contributed by atoms with Gasteiger partial charge in [0.25, 0.3) is 4.84 Å². The molecule has 0 radical (unpaired) electrons. The first kappa shape index (κ1) is 18.7. The van der Waals surface area contributed by atoms with Gasteiger partial charge in [-0.15, -0.1) is 5.10 Å². The molecular weight excluding hydrogens is 378 g/mol. The fourth-order valence-electron chi connectivity index (χ4n) is 3.54. The fourth-order valence-corrected chi connectivity index (χ4v) is 3.71. The first-order chi connectivity index (χ1) is 13.6. The molecule has 8 heteroatoms. The van der Waals surface area contributed by atoms with Crippen molar-refractivity contribution in [2.75, 3.05) is 20.8 Å². The highest BCUT2D eigenvalue weighted by Crippen LogP contribution is 2.39. The average molecular weight is 399 g/mol. The van der Waals surface area contributed by atoms with Crippen molar-refractivity contribution in [1.29, 1.82) is 0 Å². The summed E-state index contributed by atoms with van der Waals surface area (Å²) < 4.78 is 18.2. The monoisotopic (exact) mass is 399 g/mol. The van der Waals surface area contributed by atoms with E-state index in [1.54, 1.807) is 18.9 Å². The molecule has 1 unspecified atom stereocenters. The molecule has 28 heavy (non-hydrogen) atoms. The lowest BCUT2D eigenvalue weighted by Crippen LogP contribution is -2.35. The van der Waals surface area contributed by atoms with Gasteiger partial charge in [-0.1, -0.05) is 18.2 Å². The largest absolute Gasteiger partial charge is 0.496 e. The van der Waals surface area contributed by atoms with Gasteiger partial charge in [0.1, 0.15) is 11.5 Å². The van der Waals surface area contributed by atoms with Gasteiger partial charge in [-0.05, 0) is 36.5 Å². The first-order valence-corrected chi connectivity index (χ1v) is 9.29. The average Bonchev–Trinajstić information content (AvgIpc) is 3.08. The lowest BCUT2D eigenvalue weighted by Gasteiger charge is -2.33. The first-order valence-electron chi connectivity index (χ1n) is 8.88. The molecule has 0 saturated carbocycles. The molecule has 1 aromatic heterocycles. The van der Waals surface area contributed by atoms with Crippen LogP contribution in [-0.2, 0) is 13.2 Å². The quantitative estimate of drug-likeness (QED) is 0.659. The molecule has 146 valence electrons. The van der Waals surface area contributed by atoms with Crippen molar-refractivity contribution >= 4 is 12.2 Å². The topological polar surface area (TPSA) is 72.9 Å². The summed E-state index contributed by atoms with van der Waals surface area (Å²) in [4.78, 5) is 2.33. The number of hydrogen-bond acceptors (Lipinski definition) is 7. The Morgan fingerprint density at radius 1 is 1.14 bits per heavy atom. The number of nitrogens with zero attached hydrogens (tertiary/aromatic N) is 3. The molecule has 1 aliphatic heterocycles. The molecule has 1 N–H and O–H groups in total. The number of rotatable bonds is 5. The maximum absolute atomic E-state index is 10.7. The van der Waals surface area contributed by atoms with Crippen LogP contribution in [0.15, 0.2) is 46.9 Å². The number of aromatic nitrogens is 2. The van der Waals surface area contributed by atoms with Gasteiger partial charge in [0.2, 0.25) is 5.89 Å². The van der Waals surface area contributed by atoms with Crippen LogP contribution in [0, 0.1) is 4.84 Å². The number of ether oxygens (including phenoxy) is 2. The predicted molar refractivity (Wildman–Crippen MR) is 106 cm³/mol. The van der Waals surface area contributed by atoms with Gasteiger partial charge >= 0.3 is 0 Å². The summed E-state index contributed by atoms with van der Waals surface area (Å²) >= 11 is 5.34. The van der Waals surface area contributed by atoms with Gasteiger partial charge in [0.05, 0.1) is 27.0 Å². The highest BCUT2D eigenvalue weighted by molar-refractivity contribution is 7.71. The Bertz CT molecular complexity index is 1030. The second kappa shape index (κ2) is 7.75. The number of methoxy groups -OCH3 is 2. The minimum absolute atomic E-state index is 0.289. The van der Waals surface area contributed by atoms with E-state index < -0.39 is 6.10 Å². The van der Waals surface area contributed by atoms with Crippen LogP contribution >= 0.6 is 12.2 Å². The van der Waals surface area contributed by atoms with E-state index in [0.29, 0.717) is 37.1 Å². The summed E-state index contributed by atoms with van der Waals surface area (Å²) in [5.41, 5.74) is 2.54. The van der Waals surface area contributed by atoms with Gasteiger partial charge < -0.3 is 19.0 Å². The minimum Gasteiger partial charge on any atom is -0.496 e. The van der Waals surface area contributed by atoms with Crippen molar-refractivity contribution in [2.45, 2.75) is 19.3 Å². The molecule has 0 bridgehead atoms. The highest BCUT2D eigenvalue weighted by atomic mass is 32.1. The molecule has 0 fully saturated rings. The SMILES string of the molecule is COc1ccc(OC)c2c1CN(Cn1nc(-c3ccccc3)oc1=S)CC2O. The molecule has 1 aliphatic rings. The van der Waals surface area contributed by atoms with Crippen LogP contribution in [0.25, 0.3) is 11.5 Å². The van der Waals surface area contributed by atoms with E-state index in [-0.39, 0.29) is 4.84 Å². The second-order valence-electron chi connectivity index (χ2n) is 6.57. The number of aliphatic hydroxyl groups is 1. The molecule has 0 amide bonds. The number of β-amino-alcohol motifs (C(OH)–C–C–N with tert-alkyl or cyclic N) is 1. The van der Waals surface area contributed by atoms with Gasteiger partial charge in [0.15, 0.2) is 0 Å². The number of fused-ring (bicyclic) bond motifs is 1. The molecule has 2 heterocycles. The van der Waals surface area contributed by atoms with Crippen LogP contribution in [0.3, 0.4) is 0 Å². The summed E-state index contributed by atoms with van der Waals surface area (Å²) in [5.74, 6) is 1.85. The second-order valence-corrected chi connectivity index (χ2v) is 6.92. The Morgan fingerprint density at radius 3 is 2.57 bits per heavy atom. The summed E-state index contributed by atoms with van der Waals surface area (Å²) in [6.45, 7) is 1.39. The van der Waals surface area contributed by atoms with E-state index in [0.717, 1.165) is 16.7 Å². The van der Waals surface area contributed by atoms with E-state index in [1.807, 2.05) is 47.4 Å². The number of benzene rings is 2. The molecule has 7 nitrogen and oxygen atoms in total. The van der Waals surface area contributed by atoms with Crippen molar-refractivity contribution in [1.82, 2.24) is 14.7 Å². The molecular formula is C20H21N3O4S. The zero-order chi connectivity index (χ0) is 19.7. The maximum Gasteiger partial charge on any atom is 0.288 e. The zero-order valence-corrected chi connectivity index (χ0v) is 16.5. The van der Waals surface area contributed by atoms with Crippen LogP contribution < -0.4 is 9.47 Å². The summed E-state index contributed by atoms with van der Waals surface area (Å²) in [7, 11) is 3.22.